The van der Waals surface area contributed by atoms with Gasteiger partial charge in [-0.3, -0.25) is 4.79 Å². The number of para-hydroxylation sites is 1. The van der Waals surface area contributed by atoms with E-state index in [9.17, 15) is 4.79 Å². The zero-order valence-corrected chi connectivity index (χ0v) is 10.5. The van der Waals surface area contributed by atoms with E-state index >= 15 is 0 Å². The van der Waals surface area contributed by atoms with Crippen LogP contribution in [-0.2, 0) is 0 Å². The fourth-order valence-electron chi connectivity index (χ4n) is 3.16. The Balaban J connectivity index is 1.71. The Morgan fingerprint density at radius 3 is 2.58 bits per heavy atom. The number of benzene rings is 2. The molecule has 1 saturated carbocycles. The van der Waals surface area contributed by atoms with Gasteiger partial charge in [0.1, 0.15) is 12.4 Å². The summed E-state index contributed by atoms with van der Waals surface area (Å²) in [6, 6.07) is 17.8. The van der Waals surface area contributed by atoms with E-state index in [-0.39, 0.29) is 11.2 Å². The van der Waals surface area contributed by atoms with Gasteiger partial charge in [-0.1, -0.05) is 42.5 Å². The molecule has 2 aromatic rings. The molecule has 2 heteroatoms. The molecular weight excluding hydrogens is 236 g/mol. The van der Waals surface area contributed by atoms with Gasteiger partial charge in [-0.25, -0.2) is 0 Å². The fourth-order valence-corrected chi connectivity index (χ4v) is 3.16. The quantitative estimate of drug-likeness (QED) is 0.775. The number of carbonyl (C=O) groups excluding carboxylic acids is 1. The Morgan fingerprint density at radius 2 is 1.74 bits per heavy atom. The van der Waals surface area contributed by atoms with Gasteiger partial charge in [0.15, 0.2) is 5.78 Å². The normalized spacial score (nSPS) is 27.8. The molecule has 0 amide bonds. The van der Waals surface area contributed by atoms with Crippen LogP contribution in [-0.4, -0.2) is 12.4 Å². The Morgan fingerprint density at radius 1 is 1.00 bits per heavy atom. The maximum Gasteiger partial charge on any atom is 0.176 e. The van der Waals surface area contributed by atoms with Crippen LogP contribution in [0.5, 0.6) is 5.75 Å². The monoisotopic (exact) mass is 250 g/mol. The third-order valence-electron chi connectivity index (χ3n) is 4.35. The highest BCUT2D eigenvalue weighted by Gasteiger charge is 2.62. The number of Topliss-reactive ketones (excluding diaryl/α,β-unsaturated/α-hetero) is 1. The molecule has 94 valence electrons. The van der Waals surface area contributed by atoms with Crippen LogP contribution >= 0.6 is 0 Å². The molecular formula is C17H14O2. The van der Waals surface area contributed by atoms with Gasteiger partial charge in [0.05, 0.1) is 11.0 Å². The van der Waals surface area contributed by atoms with Crippen LogP contribution in [0.3, 0.4) is 0 Å². The predicted molar refractivity (Wildman–Crippen MR) is 72.5 cm³/mol. The lowest BCUT2D eigenvalue weighted by molar-refractivity contribution is 0.0790. The van der Waals surface area contributed by atoms with Crippen LogP contribution in [0, 0.1) is 5.41 Å². The Hall–Kier alpha value is -2.09. The van der Waals surface area contributed by atoms with Gasteiger partial charge in [0, 0.05) is 5.92 Å². The zero-order valence-electron chi connectivity index (χ0n) is 10.5. The Bertz CT molecular complexity index is 647. The van der Waals surface area contributed by atoms with Gasteiger partial charge in [0.25, 0.3) is 0 Å². The summed E-state index contributed by atoms with van der Waals surface area (Å²) in [6.07, 6.45) is 0.907. The Kier molecular flexibility index (Phi) is 2.10. The average Bonchev–Trinajstić information content (AvgIpc) is 3.20. The number of carbonyl (C=O) groups is 1. The molecule has 1 aliphatic carbocycles. The van der Waals surface area contributed by atoms with Crippen LogP contribution in [0.4, 0.5) is 0 Å². The number of fused-ring (bicyclic) bond motifs is 1. The minimum atomic E-state index is -0.310. The van der Waals surface area contributed by atoms with E-state index in [1.165, 1.54) is 5.56 Å². The minimum Gasteiger partial charge on any atom is -0.492 e. The first kappa shape index (κ1) is 10.8. The van der Waals surface area contributed by atoms with Gasteiger partial charge in [0.2, 0.25) is 0 Å². The average molecular weight is 250 g/mol. The van der Waals surface area contributed by atoms with E-state index in [2.05, 4.69) is 12.1 Å². The lowest BCUT2D eigenvalue weighted by Crippen LogP contribution is -2.30. The number of rotatable bonds is 1. The summed E-state index contributed by atoms with van der Waals surface area (Å²) in [7, 11) is 0. The minimum absolute atomic E-state index is 0.253. The molecule has 19 heavy (non-hydrogen) atoms. The molecule has 1 aliphatic heterocycles. The van der Waals surface area contributed by atoms with Crippen LogP contribution in [0.1, 0.15) is 28.3 Å². The third-order valence-corrected chi connectivity index (χ3v) is 4.35. The van der Waals surface area contributed by atoms with Crippen molar-refractivity contribution < 1.29 is 9.53 Å². The SMILES string of the molecule is O=C1c2ccccc2OC[C@@]12C[C@H]2c1ccccc1. The topological polar surface area (TPSA) is 26.3 Å². The molecule has 1 spiro atoms. The van der Waals surface area contributed by atoms with E-state index < -0.39 is 0 Å². The largest absolute Gasteiger partial charge is 0.492 e. The van der Waals surface area contributed by atoms with E-state index in [0.717, 1.165) is 17.7 Å². The summed E-state index contributed by atoms with van der Waals surface area (Å²) in [5.74, 6) is 1.30. The van der Waals surface area contributed by atoms with Gasteiger partial charge in [-0.15, -0.1) is 0 Å². The molecule has 2 aliphatic rings. The molecule has 2 aromatic carbocycles. The summed E-state index contributed by atoms with van der Waals surface area (Å²) in [5, 5.41) is 0. The first-order chi connectivity index (χ1) is 9.31. The maximum absolute atomic E-state index is 12.7. The summed E-state index contributed by atoms with van der Waals surface area (Å²) < 4.78 is 5.80. The third kappa shape index (κ3) is 1.46. The van der Waals surface area contributed by atoms with Crippen molar-refractivity contribution in [3.05, 3.63) is 65.7 Å². The highest BCUT2D eigenvalue weighted by molar-refractivity contribution is 6.06. The van der Waals surface area contributed by atoms with Gasteiger partial charge < -0.3 is 4.74 Å². The van der Waals surface area contributed by atoms with Crippen molar-refractivity contribution in [2.24, 2.45) is 5.41 Å². The van der Waals surface area contributed by atoms with Crippen molar-refractivity contribution >= 4 is 5.78 Å². The summed E-state index contributed by atoms with van der Waals surface area (Å²) in [4.78, 5) is 12.7. The number of ketones is 1. The molecule has 1 heterocycles. The molecule has 2 nitrogen and oxygen atoms in total. The smallest absolute Gasteiger partial charge is 0.176 e. The van der Waals surface area contributed by atoms with Crippen LogP contribution < -0.4 is 4.74 Å². The van der Waals surface area contributed by atoms with Crippen molar-refractivity contribution in [1.82, 2.24) is 0 Å². The second-order valence-electron chi connectivity index (χ2n) is 5.44. The Labute approximate surface area is 112 Å². The maximum atomic E-state index is 12.7. The second kappa shape index (κ2) is 3.70. The number of hydrogen-bond donors (Lipinski definition) is 0. The lowest BCUT2D eigenvalue weighted by Gasteiger charge is -2.25. The summed E-state index contributed by atoms with van der Waals surface area (Å²) in [6.45, 7) is 0.516. The predicted octanol–water partition coefficient (Wildman–Crippen LogP) is 3.44. The van der Waals surface area contributed by atoms with Gasteiger partial charge in [-0.05, 0) is 24.1 Å². The number of ether oxygens (including phenoxy) is 1. The molecule has 1 fully saturated rings. The van der Waals surface area contributed by atoms with Crippen LogP contribution in [0.25, 0.3) is 0 Å². The van der Waals surface area contributed by atoms with Crippen molar-refractivity contribution in [3.8, 4) is 5.75 Å². The van der Waals surface area contributed by atoms with Crippen LogP contribution in [0.2, 0.25) is 0 Å². The molecule has 2 atom stereocenters. The van der Waals surface area contributed by atoms with Crippen molar-refractivity contribution in [1.29, 1.82) is 0 Å². The molecule has 4 rings (SSSR count). The fraction of sp³-hybridized carbons (Fsp3) is 0.235. The van der Waals surface area contributed by atoms with E-state index in [4.69, 9.17) is 4.74 Å². The lowest BCUT2D eigenvalue weighted by atomic mass is 9.88. The van der Waals surface area contributed by atoms with Gasteiger partial charge in [-0.2, -0.15) is 0 Å². The molecule has 0 saturated heterocycles. The molecule has 0 aromatic heterocycles. The van der Waals surface area contributed by atoms with Crippen molar-refractivity contribution in [3.63, 3.8) is 0 Å². The van der Waals surface area contributed by atoms with Gasteiger partial charge >= 0.3 is 0 Å². The first-order valence-corrected chi connectivity index (χ1v) is 6.63. The molecule has 0 N–H and O–H groups in total. The summed E-state index contributed by atoms with van der Waals surface area (Å²) in [5.41, 5.74) is 1.68. The van der Waals surface area contributed by atoms with Crippen LogP contribution in [0.15, 0.2) is 54.6 Å². The number of hydrogen-bond acceptors (Lipinski definition) is 2. The highest BCUT2D eigenvalue weighted by atomic mass is 16.5. The molecule has 0 bridgehead atoms. The van der Waals surface area contributed by atoms with Crippen molar-refractivity contribution in [2.45, 2.75) is 12.3 Å². The highest BCUT2D eigenvalue weighted by Crippen LogP contribution is 2.62. The first-order valence-electron chi connectivity index (χ1n) is 6.63. The second-order valence-corrected chi connectivity index (χ2v) is 5.44. The molecule has 0 radical (unpaired) electrons. The van der Waals surface area contributed by atoms with Crippen molar-refractivity contribution in [2.75, 3.05) is 6.61 Å². The van der Waals surface area contributed by atoms with E-state index in [1.807, 2.05) is 42.5 Å². The summed E-state index contributed by atoms with van der Waals surface area (Å²) >= 11 is 0. The standard InChI is InChI=1S/C17H14O2/c18-16-13-8-4-5-9-15(13)19-11-17(16)10-14(17)12-6-2-1-3-7-12/h1-9,14H,10-11H2/t14-,17+/m0/s1. The van der Waals surface area contributed by atoms with E-state index in [0.29, 0.717) is 12.5 Å². The molecule has 0 unspecified atom stereocenters. The zero-order chi connectivity index (χ0) is 12.9. The van der Waals surface area contributed by atoms with E-state index in [1.54, 1.807) is 0 Å².